The van der Waals surface area contributed by atoms with Crippen molar-refractivity contribution in [2.75, 3.05) is 20.3 Å². The predicted molar refractivity (Wildman–Crippen MR) is 119 cm³/mol. The fourth-order valence-corrected chi connectivity index (χ4v) is 8.31. The molecule has 1 aliphatic heterocycles. The van der Waals surface area contributed by atoms with E-state index < -0.39 is 24.4 Å². The Hall–Kier alpha value is -1.50. The van der Waals surface area contributed by atoms with Crippen molar-refractivity contribution in [3.63, 3.8) is 0 Å². The highest BCUT2D eigenvalue weighted by molar-refractivity contribution is 7.83. The van der Waals surface area contributed by atoms with Crippen molar-refractivity contribution in [2.45, 2.75) is 51.3 Å². The minimum atomic E-state index is -3.49. The smallest absolute Gasteiger partial charge is 0.350 e. The van der Waals surface area contributed by atoms with Gasteiger partial charge < -0.3 is 13.8 Å². The van der Waals surface area contributed by atoms with Crippen LogP contribution in [0.5, 0.6) is 5.75 Å². The molecule has 1 aliphatic rings. The molecule has 6 nitrogen and oxygen atoms in total. The van der Waals surface area contributed by atoms with E-state index in [2.05, 4.69) is 0 Å². The van der Waals surface area contributed by atoms with Gasteiger partial charge in [-0.25, -0.2) is 4.21 Å². The third kappa shape index (κ3) is 4.41. The molecule has 164 valence electrons. The number of hydrogen-bond acceptors (Lipinski definition) is 5. The van der Waals surface area contributed by atoms with E-state index in [1.807, 2.05) is 57.2 Å². The Kier molecular flexibility index (Phi) is 7.20. The van der Waals surface area contributed by atoms with Crippen molar-refractivity contribution < 1.29 is 22.6 Å². The van der Waals surface area contributed by atoms with Crippen LogP contribution in [0.25, 0.3) is 0 Å². The van der Waals surface area contributed by atoms with Crippen LogP contribution in [0.2, 0.25) is 0 Å². The lowest BCUT2D eigenvalue weighted by molar-refractivity contribution is 0.216. The molecule has 2 aromatic rings. The molecular formula is C22H30NO5PS. The van der Waals surface area contributed by atoms with E-state index in [1.54, 1.807) is 25.3 Å². The zero-order valence-corrected chi connectivity index (χ0v) is 20.1. The molecule has 0 aliphatic carbocycles. The first-order valence-electron chi connectivity index (χ1n) is 10.1. The fraction of sp³-hybridized carbons (Fsp3) is 0.455. The second-order valence-electron chi connectivity index (χ2n) is 7.34. The van der Waals surface area contributed by atoms with Gasteiger partial charge in [0.1, 0.15) is 22.5 Å². The zero-order valence-electron chi connectivity index (χ0n) is 18.4. The first-order chi connectivity index (χ1) is 14.3. The van der Waals surface area contributed by atoms with Gasteiger partial charge in [0, 0.05) is 0 Å². The van der Waals surface area contributed by atoms with E-state index in [-0.39, 0.29) is 19.3 Å². The largest absolute Gasteiger partial charge is 0.497 e. The van der Waals surface area contributed by atoms with E-state index in [4.69, 9.17) is 13.8 Å². The molecule has 1 heterocycles. The molecule has 0 saturated carbocycles. The summed E-state index contributed by atoms with van der Waals surface area (Å²) in [4.78, 5) is 0.751. The zero-order chi connectivity index (χ0) is 22.1. The average Bonchev–Trinajstić information content (AvgIpc) is 3.44. The Morgan fingerprint density at radius 1 is 1.00 bits per heavy atom. The summed E-state index contributed by atoms with van der Waals surface area (Å²) >= 11 is 0. The molecule has 4 atom stereocenters. The second-order valence-corrected chi connectivity index (χ2v) is 10.8. The van der Waals surface area contributed by atoms with Gasteiger partial charge in [0.15, 0.2) is 0 Å². The molecule has 0 radical (unpaired) electrons. The Morgan fingerprint density at radius 3 is 2.00 bits per heavy atom. The molecule has 0 amide bonds. The Bertz CT molecular complexity index is 945. The van der Waals surface area contributed by atoms with Crippen molar-refractivity contribution in [1.82, 2.24) is 4.31 Å². The second kappa shape index (κ2) is 9.33. The maximum absolute atomic E-state index is 13.7. The highest BCUT2D eigenvalue weighted by atomic mass is 32.2. The highest BCUT2D eigenvalue weighted by Gasteiger charge is 2.64. The number of nitrogens with zero attached hydrogens (tertiary/aromatic N) is 1. The number of hydrogen-bond donors (Lipinski definition) is 0. The van der Waals surface area contributed by atoms with Gasteiger partial charge in [-0.15, -0.1) is 0 Å². The van der Waals surface area contributed by atoms with E-state index in [1.165, 1.54) is 0 Å². The molecule has 30 heavy (non-hydrogen) atoms. The Balaban J connectivity index is 2.04. The van der Waals surface area contributed by atoms with Gasteiger partial charge in [-0.3, -0.25) is 4.57 Å². The summed E-state index contributed by atoms with van der Waals surface area (Å²) in [5, 5.41) is 0. The molecule has 1 unspecified atom stereocenters. The summed E-state index contributed by atoms with van der Waals surface area (Å²) in [6.07, 6.45) is 0. The third-order valence-electron chi connectivity index (χ3n) is 5.10. The topological polar surface area (TPSA) is 64.8 Å². The SMILES string of the molecule is CCOP(=O)(OCC)[C@H]1[C@@H](c2ccc(OC)cc2)N1[S@@](=O)c1c(C)cc(C)cc1C. The summed E-state index contributed by atoms with van der Waals surface area (Å²) in [5.74, 6) is 0.123. The lowest BCUT2D eigenvalue weighted by Crippen LogP contribution is -2.12. The van der Waals surface area contributed by atoms with Crippen LogP contribution in [-0.4, -0.2) is 34.6 Å². The molecule has 3 rings (SSSR count). The van der Waals surface area contributed by atoms with Crippen molar-refractivity contribution in [3.8, 4) is 5.75 Å². The van der Waals surface area contributed by atoms with Crippen molar-refractivity contribution in [3.05, 3.63) is 58.7 Å². The number of aryl methyl sites for hydroxylation is 3. The fourth-order valence-electron chi connectivity index (χ4n) is 3.93. The third-order valence-corrected chi connectivity index (χ3v) is 9.50. The van der Waals surface area contributed by atoms with Crippen LogP contribution >= 0.6 is 7.60 Å². The van der Waals surface area contributed by atoms with Crippen LogP contribution in [0.1, 0.15) is 42.1 Å². The van der Waals surface area contributed by atoms with Crippen molar-refractivity contribution in [2.24, 2.45) is 0 Å². The highest BCUT2D eigenvalue weighted by Crippen LogP contribution is 2.69. The molecule has 1 fully saturated rings. The van der Waals surface area contributed by atoms with Gasteiger partial charge in [-0.05, 0) is 63.4 Å². The molecule has 8 heteroatoms. The van der Waals surface area contributed by atoms with Crippen LogP contribution in [0, 0.1) is 20.8 Å². The van der Waals surface area contributed by atoms with Crippen molar-refractivity contribution in [1.29, 1.82) is 0 Å². The maximum Gasteiger partial charge on any atom is 0.350 e. The molecule has 2 aromatic carbocycles. The number of methoxy groups -OCH3 is 1. The summed E-state index contributed by atoms with van der Waals surface area (Å²) in [7, 11) is -3.39. The standard InChI is InChI=1S/C22H30NO5PS/c1-7-27-29(24,28-8-2)22-20(18-9-11-19(26-6)12-10-18)23(22)30(25)21-16(4)13-15(3)14-17(21)5/h9-14,20,22H,7-8H2,1-6H3/t20-,22+,23?,30+/m1/s1. The molecule has 0 N–H and O–H groups in total. The van der Waals surface area contributed by atoms with E-state index >= 15 is 0 Å². The predicted octanol–water partition coefficient (Wildman–Crippen LogP) is 5.29. The lowest BCUT2D eigenvalue weighted by atomic mass is 10.1. The molecule has 0 spiro atoms. The van der Waals surface area contributed by atoms with Crippen molar-refractivity contribution >= 4 is 18.6 Å². The lowest BCUT2D eigenvalue weighted by Gasteiger charge is -2.17. The number of rotatable bonds is 9. The van der Waals surface area contributed by atoms with Gasteiger partial charge >= 0.3 is 7.60 Å². The Morgan fingerprint density at radius 2 is 1.53 bits per heavy atom. The first kappa shape index (κ1) is 23.2. The summed E-state index contributed by atoms with van der Waals surface area (Å²) in [5.41, 5.74) is 3.92. The molecule has 0 bridgehead atoms. The van der Waals surface area contributed by atoms with E-state index in [0.29, 0.717) is 0 Å². The number of benzene rings is 2. The van der Waals surface area contributed by atoms with E-state index in [9.17, 15) is 8.77 Å². The van der Waals surface area contributed by atoms with Gasteiger partial charge in [0.25, 0.3) is 0 Å². The van der Waals surface area contributed by atoms with Gasteiger partial charge in [-0.2, -0.15) is 4.31 Å². The summed E-state index contributed by atoms with van der Waals surface area (Å²) in [6.45, 7) is 10.0. The van der Waals surface area contributed by atoms with Crippen LogP contribution in [0.3, 0.4) is 0 Å². The average molecular weight is 452 g/mol. The van der Waals surface area contributed by atoms with Gasteiger partial charge in [0.05, 0.1) is 31.3 Å². The van der Waals surface area contributed by atoms with Crippen LogP contribution in [0.15, 0.2) is 41.3 Å². The summed E-state index contributed by atoms with van der Waals surface area (Å²) in [6, 6.07) is 11.2. The number of ether oxygens (including phenoxy) is 1. The van der Waals surface area contributed by atoms with Crippen LogP contribution < -0.4 is 4.74 Å². The quantitative estimate of drug-likeness (QED) is 0.383. The monoisotopic (exact) mass is 451 g/mol. The van der Waals surface area contributed by atoms with Gasteiger partial charge in [0.2, 0.25) is 0 Å². The molecular weight excluding hydrogens is 421 g/mol. The first-order valence-corrected chi connectivity index (χ1v) is 12.8. The van der Waals surface area contributed by atoms with Crippen LogP contribution in [-0.2, 0) is 24.6 Å². The van der Waals surface area contributed by atoms with E-state index in [0.717, 1.165) is 32.9 Å². The maximum atomic E-state index is 13.7. The van der Waals surface area contributed by atoms with Crippen LogP contribution in [0.4, 0.5) is 0 Å². The van der Waals surface area contributed by atoms with Gasteiger partial charge in [-0.1, -0.05) is 29.8 Å². The Labute approximate surface area is 181 Å². The molecule has 0 aromatic heterocycles. The molecule has 1 saturated heterocycles. The normalized spacial score (nSPS) is 22.0. The minimum Gasteiger partial charge on any atom is -0.497 e. The summed E-state index contributed by atoms with van der Waals surface area (Å²) < 4.78 is 45.6. The minimum absolute atomic E-state index is 0.256.